The Kier molecular flexibility index (Phi) is 10.4. The summed E-state index contributed by atoms with van der Waals surface area (Å²) in [6.45, 7) is 6.64. The molecule has 0 aliphatic heterocycles. The number of allylic oxidation sites excluding steroid dienone is 1. The van der Waals surface area contributed by atoms with Gasteiger partial charge in [-0.05, 0) is 63.9 Å². The second-order valence-corrected chi connectivity index (χ2v) is 12.8. The topological polar surface area (TPSA) is 92.4 Å². The Balaban J connectivity index is 1.76. The second kappa shape index (κ2) is 13.2. The number of thiophene rings is 2. The number of thioether (sulfide) groups is 1. The van der Waals surface area contributed by atoms with Crippen LogP contribution in [0.3, 0.4) is 0 Å². The van der Waals surface area contributed by atoms with Crippen LogP contribution in [0.25, 0.3) is 11.1 Å². The molecule has 2 heterocycles. The van der Waals surface area contributed by atoms with Crippen LogP contribution in [0, 0.1) is 0 Å². The van der Waals surface area contributed by atoms with Crippen LogP contribution in [-0.2, 0) is 17.6 Å². The van der Waals surface area contributed by atoms with Crippen molar-refractivity contribution in [3.63, 3.8) is 0 Å². The zero-order chi connectivity index (χ0) is 26.1. The molecule has 3 aromatic rings. The molecule has 0 aliphatic carbocycles. The molecule has 5 nitrogen and oxygen atoms in total. The van der Waals surface area contributed by atoms with Crippen LogP contribution >= 0.6 is 34.4 Å². The molecule has 0 aliphatic rings. The molecule has 3 rings (SSSR count). The van der Waals surface area contributed by atoms with Crippen LogP contribution in [0.4, 0.5) is 0 Å². The molecule has 4 N–H and O–H groups in total. The fourth-order valence-corrected chi connectivity index (χ4v) is 5.87. The Morgan fingerprint density at radius 1 is 1.22 bits per heavy atom. The Morgan fingerprint density at radius 3 is 2.67 bits per heavy atom. The Hall–Kier alpha value is -2.39. The highest BCUT2D eigenvalue weighted by atomic mass is 32.2. The molecule has 2 unspecified atom stereocenters. The minimum atomic E-state index is -1.05. The van der Waals surface area contributed by atoms with Gasteiger partial charge in [0.25, 0.3) is 5.91 Å². The van der Waals surface area contributed by atoms with Gasteiger partial charge in [0.1, 0.15) is 6.04 Å². The number of hydrogen-bond acceptors (Lipinski definition) is 6. The average molecular weight is 543 g/mol. The van der Waals surface area contributed by atoms with Crippen LogP contribution in [-0.4, -0.2) is 39.6 Å². The molecule has 2 aromatic heterocycles. The van der Waals surface area contributed by atoms with Crippen molar-refractivity contribution in [3.05, 3.63) is 80.7 Å². The molecule has 8 heteroatoms. The molecular formula is C28H34N2O3S3. The van der Waals surface area contributed by atoms with Gasteiger partial charge in [-0.2, -0.15) is 23.1 Å². The molecule has 1 aromatic carbocycles. The van der Waals surface area contributed by atoms with Gasteiger partial charge in [-0.3, -0.25) is 4.79 Å². The quantitative estimate of drug-likeness (QED) is 0.222. The maximum absolute atomic E-state index is 13.3. The first-order valence-corrected chi connectivity index (χ1v) is 14.8. The fourth-order valence-electron chi connectivity index (χ4n) is 3.50. The summed E-state index contributed by atoms with van der Waals surface area (Å²) < 4.78 is 0.211. The van der Waals surface area contributed by atoms with Crippen LogP contribution in [0.5, 0.6) is 0 Å². The predicted octanol–water partition coefficient (Wildman–Crippen LogP) is 6.25. The number of aliphatic carboxylic acids is 1. The van der Waals surface area contributed by atoms with E-state index in [4.69, 9.17) is 5.73 Å². The lowest BCUT2D eigenvalue weighted by Crippen LogP contribution is -2.42. The second-order valence-electron chi connectivity index (χ2n) is 9.26. The van der Waals surface area contributed by atoms with Gasteiger partial charge in [-0.25, -0.2) is 4.79 Å². The fraction of sp³-hybridized carbons (Fsp3) is 0.357. The van der Waals surface area contributed by atoms with E-state index in [0.29, 0.717) is 12.0 Å². The van der Waals surface area contributed by atoms with Crippen molar-refractivity contribution >= 4 is 46.3 Å². The molecule has 0 saturated carbocycles. The van der Waals surface area contributed by atoms with Gasteiger partial charge in [-0.15, -0.1) is 11.3 Å². The summed E-state index contributed by atoms with van der Waals surface area (Å²) in [5.41, 5.74) is 9.45. The van der Waals surface area contributed by atoms with Crippen molar-refractivity contribution < 1.29 is 14.7 Å². The van der Waals surface area contributed by atoms with E-state index in [1.54, 1.807) is 11.3 Å². The SMILES string of the molecule is CCC(C)(C)SCC(N)/C=C/Cc1ccc(-c2ccsc2)c(C(=O)NC(Cc2cccs2)C(=O)O)c1. The first-order valence-electron chi connectivity index (χ1n) is 12.0. The number of nitrogens with two attached hydrogens (primary N) is 1. The van der Waals surface area contributed by atoms with Crippen LogP contribution in [0.2, 0.25) is 0 Å². The van der Waals surface area contributed by atoms with E-state index >= 15 is 0 Å². The molecule has 0 fully saturated rings. The summed E-state index contributed by atoms with van der Waals surface area (Å²) in [5.74, 6) is -0.588. The summed E-state index contributed by atoms with van der Waals surface area (Å²) in [6.07, 6.45) is 6.04. The third-order valence-corrected chi connectivity index (χ3v) is 9.21. The minimum Gasteiger partial charge on any atom is -0.480 e. The lowest BCUT2D eigenvalue weighted by molar-refractivity contribution is -0.139. The molecule has 1 amide bonds. The molecule has 0 radical (unpaired) electrons. The van der Waals surface area contributed by atoms with Crippen molar-refractivity contribution in [3.8, 4) is 11.1 Å². The number of carboxylic acid groups (broad SMARTS) is 1. The first kappa shape index (κ1) is 28.2. The van der Waals surface area contributed by atoms with Crippen LogP contribution in [0.1, 0.15) is 48.0 Å². The number of benzene rings is 1. The van der Waals surface area contributed by atoms with Crippen molar-refractivity contribution in [1.82, 2.24) is 5.32 Å². The number of carbonyl (C=O) groups excluding carboxylic acids is 1. The van der Waals surface area contributed by atoms with Gasteiger partial charge in [0, 0.05) is 33.4 Å². The van der Waals surface area contributed by atoms with E-state index in [9.17, 15) is 14.7 Å². The summed E-state index contributed by atoms with van der Waals surface area (Å²) >= 11 is 4.91. The highest BCUT2D eigenvalue weighted by molar-refractivity contribution is 8.00. The Labute approximate surface area is 225 Å². The number of carbonyl (C=O) groups is 2. The molecule has 192 valence electrons. The number of nitrogens with one attached hydrogen (secondary N) is 1. The molecule has 0 spiro atoms. The van der Waals surface area contributed by atoms with Gasteiger partial charge < -0.3 is 16.2 Å². The van der Waals surface area contributed by atoms with Crippen molar-refractivity contribution in [2.45, 2.75) is 56.9 Å². The van der Waals surface area contributed by atoms with E-state index in [2.05, 4.69) is 26.1 Å². The van der Waals surface area contributed by atoms with Crippen molar-refractivity contribution in [1.29, 1.82) is 0 Å². The molecule has 0 bridgehead atoms. The molecule has 2 atom stereocenters. The molecule has 36 heavy (non-hydrogen) atoms. The number of amides is 1. The van der Waals surface area contributed by atoms with Crippen LogP contribution < -0.4 is 11.1 Å². The standard InChI is InChI=1S/C28H34N2O3S3/c1-4-28(2,3)36-18-21(29)8-5-7-19-10-11-23(20-12-14-34-17-20)24(15-19)26(31)30-25(27(32)33)16-22-9-6-13-35-22/h5-6,8-15,17,21,25H,4,7,16,18,29H2,1-3H3,(H,30,31)(H,32,33)/b8-5+. The van der Waals surface area contributed by atoms with E-state index in [1.165, 1.54) is 11.3 Å². The minimum absolute atomic E-state index is 0.0396. The Morgan fingerprint density at radius 2 is 2.03 bits per heavy atom. The van der Waals surface area contributed by atoms with E-state index < -0.39 is 12.0 Å². The predicted molar refractivity (Wildman–Crippen MR) is 154 cm³/mol. The maximum Gasteiger partial charge on any atom is 0.326 e. The Bertz CT molecular complexity index is 1150. The van der Waals surface area contributed by atoms with Crippen LogP contribution in [0.15, 0.2) is 64.7 Å². The zero-order valence-corrected chi connectivity index (χ0v) is 23.3. The van der Waals surface area contributed by atoms with Crippen molar-refractivity contribution in [2.24, 2.45) is 5.73 Å². The maximum atomic E-state index is 13.3. The lowest BCUT2D eigenvalue weighted by Gasteiger charge is -2.23. The molecular weight excluding hydrogens is 509 g/mol. The number of carboxylic acids is 1. The van der Waals surface area contributed by atoms with E-state index in [1.807, 2.05) is 76.5 Å². The summed E-state index contributed by atoms with van der Waals surface area (Å²) in [6, 6.07) is 10.5. The highest BCUT2D eigenvalue weighted by Crippen LogP contribution is 2.29. The third-order valence-electron chi connectivity index (χ3n) is 6.00. The number of hydrogen-bond donors (Lipinski definition) is 3. The normalized spacial score (nSPS) is 13.6. The van der Waals surface area contributed by atoms with E-state index in [-0.39, 0.29) is 23.1 Å². The van der Waals surface area contributed by atoms with Gasteiger partial charge >= 0.3 is 5.97 Å². The smallest absolute Gasteiger partial charge is 0.326 e. The summed E-state index contributed by atoms with van der Waals surface area (Å²) in [4.78, 5) is 26.1. The largest absolute Gasteiger partial charge is 0.480 e. The van der Waals surface area contributed by atoms with Gasteiger partial charge in [-0.1, -0.05) is 51.1 Å². The van der Waals surface area contributed by atoms with Gasteiger partial charge in [0.15, 0.2) is 0 Å². The lowest BCUT2D eigenvalue weighted by atomic mass is 9.97. The zero-order valence-electron chi connectivity index (χ0n) is 20.9. The number of rotatable bonds is 13. The average Bonchev–Trinajstić information content (AvgIpc) is 3.57. The third kappa shape index (κ3) is 8.34. The van der Waals surface area contributed by atoms with Crippen molar-refractivity contribution in [2.75, 3.05) is 5.75 Å². The highest BCUT2D eigenvalue weighted by Gasteiger charge is 2.23. The molecule has 0 saturated heterocycles. The summed E-state index contributed by atoms with van der Waals surface area (Å²) in [5, 5.41) is 18.3. The van der Waals surface area contributed by atoms with E-state index in [0.717, 1.165) is 33.7 Å². The summed E-state index contributed by atoms with van der Waals surface area (Å²) in [7, 11) is 0. The monoisotopic (exact) mass is 542 g/mol. The van der Waals surface area contributed by atoms with Gasteiger partial charge in [0.2, 0.25) is 0 Å². The van der Waals surface area contributed by atoms with Gasteiger partial charge in [0.05, 0.1) is 0 Å². The first-order chi connectivity index (χ1) is 17.2.